The number of rotatable bonds is 11. The molecule has 0 saturated carbocycles. The van der Waals surface area contributed by atoms with E-state index in [1.165, 1.54) is 26.2 Å². The van der Waals surface area contributed by atoms with E-state index in [1.54, 1.807) is 4.90 Å². The van der Waals surface area contributed by atoms with Crippen molar-refractivity contribution in [3.8, 4) is 0 Å². The molecule has 1 amide bonds. The molecule has 0 heterocycles. The van der Waals surface area contributed by atoms with Crippen molar-refractivity contribution >= 4 is 11.9 Å². The quantitative estimate of drug-likeness (QED) is 0.289. The van der Waals surface area contributed by atoms with Crippen LogP contribution in [0, 0.1) is 5.41 Å². The van der Waals surface area contributed by atoms with Crippen LogP contribution in [-0.4, -0.2) is 29.9 Å². The number of unbranched alkanes of at least 4 members (excludes halogenated alkanes) is 5. The number of hydrogen-bond donors (Lipinski definition) is 0. The van der Waals surface area contributed by atoms with Crippen molar-refractivity contribution in [2.24, 2.45) is 5.41 Å². The Morgan fingerprint density at radius 1 is 0.952 bits per heavy atom. The van der Waals surface area contributed by atoms with Gasteiger partial charge < -0.3 is 14.8 Å². The van der Waals surface area contributed by atoms with Gasteiger partial charge in [-0.3, -0.25) is 4.79 Å². The Hall–Kier alpha value is 0.576. The van der Waals surface area contributed by atoms with Crippen LogP contribution in [0.2, 0.25) is 0 Å². The summed E-state index contributed by atoms with van der Waals surface area (Å²) >= 11 is 0. The fourth-order valence-electron chi connectivity index (χ4n) is 2.41. The summed E-state index contributed by atoms with van der Waals surface area (Å²) in [5.41, 5.74) is -1.38. The topological polar surface area (TPSA) is 60.4 Å². The Morgan fingerprint density at radius 3 is 1.86 bits per heavy atom. The molecule has 21 heavy (non-hydrogen) atoms. The van der Waals surface area contributed by atoms with Gasteiger partial charge >= 0.3 is 51.4 Å². The summed E-state index contributed by atoms with van der Waals surface area (Å²) in [7, 11) is 0. The fourth-order valence-corrected chi connectivity index (χ4v) is 2.41. The first kappa shape index (κ1) is 23.8. The minimum atomic E-state index is -1.38. The number of carbonyl (C=O) groups is 2. The zero-order valence-electron chi connectivity index (χ0n) is 14.5. The SMILES string of the molecule is CCCCCCCCC(C)(C(=O)[O-])C(=O)N(CC)CC.[K+]. The van der Waals surface area contributed by atoms with Gasteiger partial charge in [0, 0.05) is 13.1 Å². The maximum atomic E-state index is 12.3. The predicted molar refractivity (Wildman–Crippen MR) is 79.0 cm³/mol. The number of hydrogen-bond acceptors (Lipinski definition) is 3. The Morgan fingerprint density at radius 2 is 1.43 bits per heavy atom. The second-order valence-corrected chi connectivity index (χ2v) is 5.61. The van der Waals surface area contributed by atoms with E-state index in [4.69, 9.17) is 0 Å². The fraction of sp³-hybridized carbons (Fsp3) is 0.875. The van der Waals surface area contributed by atoms with E-state index in [-0.39, 0.29) is 57.3 Å². The number of carboxylic acids is 1. The third kappa shape index (κ3) is 8.12. The average molecular weight is 324 g/mol. The van der Waals surface area contributed by atoms with Gasteiger partial charge in [0.05, 0.1) is 11.4 Å². The van der Waals surface area contributed by atoms with Gasteiger partial charge in [0.15, 0.2) is 0 Å². The van der Waals surface area contributed by atoms with Gasteiger partial charge in [-0.05, 0) is 27.2 Å². The van der Waals surface area contributed by atoms with Gasteiger partial charge in [0.2, 0.25) is 5.91 Å². The number of nitrogens with zero attached hydrogens (tertiary/aromatic N) is 1. The van der Waals surface area contributed by atoms with Crippen LogP contribution in [0.5, 0.6) is 0 Å². The van der Waals surface area contributed by atoms with Gasteiger partial charge in [-0.25, -0.2) is 0 Å². The van der Waals surface area contributed by atoms with E-state index in [0.717, 1.165) is 19.3 Å². The summed E-state index contributed by atoms with van der Waals surface area (Å²) in [5, 5.41) is 11.4. The first-order valence-corrected chi connectivity index (χ1v) is 7.94. The second-order valence-electron chi connectivity index (χ2n) is 5.61. The third-order valence-corrected chi connectivity index (χ3v) is 4.00. The molecule has 0 saturated heterocycles. The minimum absolute atomic E-state index is 0. The van der Waals surface area contributed by atoms with Crippen LogP contribution in [0.3, 0.4) is 0 Å². The third-order valence-electron chi connectivity index (χ3n) is 4.00. The van der Waals surface area contributed by atoms with E-state index in [9.17, 15) is 14.7 Å². The molecule has 1 unspecified atom stereocenters. The van der Waals surface area contributed by atoms with Gasteiger partial charge in [-0.2, -0.15) is 0 Å². The van der Waals surface area contributed by atoms with Crippen LogP contribution in [0.4, 0.5) is 0 Å². The molecule has 0 aromatic carbocycles. The first-order valence-electron chi connectivity index (χ1n) is 7.94. The molecule has 118 valence electrons. The molecule has 0 aromatic rings. The zero-order chi connectivity index (χ0) is 15.6. The van der Waals surface area contributed by atoms with E-state index < -0.39 is 11.4 Å². The molecule has 0 N–H and O–H groups in total. The van der Waals surface area contributed by atoms with Crippen molar-refractivity contribution in [3.63, 3.8) is 0 Å². The molecule has 0 bridgehead atoms. The predicted octanol–water partition coefficient (Wildman–Crippen LogP) is -0.634. The monoisotopic (exact) mass is 323 g/mol. The van der Waals surface area contributed by atoms with Crippen molar-refractivity contribution in [3.05, 3.63) is 0 Å². The van der Waals surface area contributed by atoms with Crippen molar-refractivity contribution in [1.82, 2.24) is 4.90 Å². The smallest absolute Gasteiger partial charge is 0.549 e. The van der Waals surface area contributed by atoms with Gasteiger partial charge in [0.25, 0.3) is 0 Å². The van der Waals surface area contributed by atoms with Crippen molar-refractivity contribution < 1.29 is 66.1 Å². The zero-order valence-corrected chi connectivity index (χ0v) is 17.7. The van der Waals surface area contributed by atoms with Gasteiger partial charge in [-0.1, -0.05) is 45.4 Å². The van der Waals surface area contributed by atoms with Crippen LogP contribution in [-0.2, 0) is 9.59 Å². The molecule has 0 rings (SSSR count). The van der Waals surface area contributed by atoms with Gasteiger partial charge in [-0.15, -0.1) is 0 Å². The maximum Gasteiger partial charge on any atom is 1.00 e. The van der Waals surface area contributed by atoms with E-state index in [0.29, 0.717) is 19.5 Å². The van der Waals surface area contributed by atoms with Crippen molar-refractivity contribution in [2.75, 3.05) is 13.1 Å². The maximum absolute atomic E-state index is 12.3. The summed E-state index contributed by atoms with van der Waals surface area (Å²) in [6.45, 7) is 8.47. The molecule has 0 fully saturated rings. The summed E-state index contributed by atoms with van der Waals surface area (Å²) in [6.07, 6.45) is 6.82. The second kappa shape index (κ2) is 13.1. The van der Waals surface area contributed by atoms with E-state index in [2.05, 4.69) is 6.92 Å². The summed E-state index contributed by atoms with van der Waals surface area (Å²) < 4.78 is 0. The summed E-state index contributed by atoms with van der Waals surface area (Å²) in [6, 6.07) is 0. The van der Waals surface area contributed by atoms with Crippen LogP contribution >= 0.6 is 0 Å². The van der Waals surface area contributed by atoms with Crippen molar-refractivity contribution in [1.29, 1.82) is 0 Å². The number of carbonyl (C=O) groups excluding carboxylic acids is 2. The number of amides is 1. The molecule has 0 aliphatic heterocycles. The molecule has 0 aromatic heterocycles. The first-order chi connectivity index (χ1) is 9.43. The van der Waals surface area contributed by atoms with E-state index >= 15 is 0 Å². The average Bonchev–Trinajstić information content (AvgIpc) is 2.43. The minimum Gasteiger partial charge on any atom is -0.549 e. The largest absolute Gasteiger partial charge is 1.00 e. The molecule has 0 aliphatic carbocycles. The van der Waals surface area contributed by atoms with Crippen molar-refractivity contribution in [2.45, 2.75) is 72.6 Å². The molecule has 0 spiro atoms. The molecule has 4 nitrogen and oxygen atoms in total. The molecule has 0 aliphatic rings. The van der Waals surface area contributed by atoms with Crippen LogP contribution in [0.1, 0.15) is 72.6 Å². The Balaban J connectivity index is 0. The number of carboxylic acid groups (broad SMARTS) is 1. The molecular formula is C16H30KNO3. The standard InChI is InChI=1S/C16H31NO3.K/c1-5-8-9-10-11-12-13-16(4,15(19)20)14(18)17(6-2)7-3;/h5-13H2,1-4H3,(H,19,20);/q;+1/p-1. The summed E-state index contributed by atoms with van der Waals surface area (Å²) in [5.74, 6) is -1.56. The molecule has 0 radical (unpaired) electrons. The molecule has 1 atom stereocenters. The Bertz CT molecular complexity index is 306. The molecular weight excluding hydrogens is 293 g/mol. The normalized spacial score (nSPS) is 13.1. The van der Waals surface area contributed by atoms with Crippen LogP contribution < -0.4 is 56.5 Å². The Kier molecular flexibility index (Phi) is 14.8. The number of aliphatic carboxylic acids is 1. The van der Waals surface area contributed by atoms with Crippen LogP contribution in [0.25, 0.3) is 0 Å². The molecule has 5 heteroatoms. The Labute approximate surface area is 172 Å². The van der Waals surface area contributed by atoms with Gasteiger partial charge in [0.1, 0.15) is 0 Å². The van der Waals surface area contributed by atoms with Crippen LogP contribution in [0.15, 0.2) is 0 Å². The summed E-state index contributed by atoms with van der Waals surface area (Å²) in [4.78, 5) is 25.3. The van der Waals surface area contributed by atoms with E-state index in [1.807, 2.05) is 13.8 Å².